The molecule has 1 aromatic carbocycles. The number of piperazine rings is 1. The summed E-state index contributed by atoms with van der Waals surface area (Å²) in [5.74, 6) is 1.69. The highest BCUT2D eigenvalue weighted by atomic mass is 35.5. The fourth-order valence-corrected chi connectivity index (χ4v) is 4.86. The Morgan fingerprint density at radius 1 is 1.09 bits per heavy atom. The van der Waals surface area contributed by atoms with Crippen LogP contribution in [0.25, 0.3) is 0 Å². The molecule has 32 heavy (non-hydrogen) atoms. The summed E-state index contributed by atoms with van der Waals surface area (Å²) in [7, 11) is 1.85. The van der Waals surface area contributed by atoms with Crippen molar-refractivity contribution in [2.75, 3.05) is 31.9 Å². The van der Waals surface area contributed by atoms with Gasteiger partial charge in [-0.15, -0.1) is 21.5 Å². The Bertz CT molecular complexity index is 1060. The van der Waals surface area contributed by atoms with Gasteiger partial charge >= 0.3 is 0 Å². The van der Waals surface area contributed by atoms with Gasteiger partial charge in [0, 0.05) is 38.2 Å². The highest BCUT2D eigenvalue weighted by Gasteiger charge is 2.25. The summed E-state index contributed by atoms with van der Waals surface area (Å²) in [6.07, 6.45) is 0. The summed E-state index contributed by atoms with van der Waals surface area (Å²) in [6, 6.07) is 10.8. The highest BCUT2D eigenvalue weighted by molar-refractivity contribution is 7.99. The van der Waals surface area contributed by atoms with Crippen LogP contribution in [0.5, 0.6) is 5.75 Å². The van der Waals surface area contributed by atoms with Gasteiger partial charge in [-0.3, -0.25) is 9.59 Å². The molecule has 0 unspecified atom stereocenters. The van der Waals surface area contributed by atoms with Crippen LogP contribution in [0.4, 0.5) is 0 Å². The summed E-state index contributed by atoms with van der Waals surface area (Å²) in [6.45, 7) is 2.43. The average molecular weight is 492 g/mol. The smallest absolute Gasteiger partial charge is 0.264 e. The first kappa shape index (κ1) is 22.6. The first-order valence-corrected chi connectivity index (χ1v) is 12.3. The van der Waals surface area contributed by atoms with E-state index in [2.05, 4.69) is 10.2 Å². The number of benzene rings is 1. The minimum atomic E-state index is 0.0280. The number of hydrogen-bond donors (Lipinski definition) is 0. The zero-order chi connectivity index (χ0) is 22.5. The van der Waals surface area contributed by atoms with Crippen molar-refractivity contribution in [1.82, 2.24) is 24.6 Å². The third-order valence-corrected chi connectivity index (χ3v) is 7.20. The van der Waals surface area contributed by atoms with E-state index in [4.69, 9.17) is 16.3 Å². The molecule has 0 spiro atoms. The molecule has 2 amide bonds. The highest BCUT2D eigenvalue weighted by Crippen LogP contribution is 2.20. The Morgan fingerprint density at radius 3 is 2.50 bits per heavy atom. The number of nitrogens with zero attached hydrogens (tertiary/aromatic N) is 5. The van der Waals surface area contributed by atoms with Crippen LogP contribution >= 0.6 is 34.7 Å². The molecule has 1 fully saturated rings. The second kappa shape index (κ2) is 10.4. The van der Waals surface area contributed by atoms with Gasteiger partial charge < -0.3 is 19.1 Å². The van der Waals surface area contributed by atoms with Crippen molar-refractivity contribution >= 4 is 46.5 Å². The fraction of sp³-hybridized carbons (Fsp3) is 0.333. The Labute approximate surface area is 199 Å². The lowest BCUT2D eigenvalue weighted by Gasteiger charge is -2.34. The molecule has 3 aromatic rings. The monoisotopic (exact) mass is 491 g/mol. The largest absolute Gasteiger partial charge is 0.486 e. The topological polar surface area (TPSA) is 80.6 Å². The van der Waals surface area contributed by atoms with Gasteiger partial charge in [-0.2, -0.15) is 0 Å². The van der Waals surface area contributed by atoms with Crippen LogP contribution in [-0.2, 0) is 18.4 Å². The van der Waals surface area contributed by atoms with Crippen LogP contribution in [0, 0.1) is 0 Å². The Hall–Kier alpha value is -2.56. The van der Waals surface area contributed by atoms with Crippen molar-refractivity contribution in [3.63, 3.8) is 0 Å². The third-order valence-electron chi connectivity index (χ3n) is 5.08. The minimum Gasteiger partial charge on any atom is -0.486 e. The van der Waals surface area contributed by atoms with Gasteiger partial charge in [0.05, 0.1) is 10.6 Å². The number of hydrogen-bond acceptors (Lipinski definition) is 7. The van der Waals surface area contributed by atoms with Crippen LogP contribution in [0.3, 0.4) is 0 Å². The number of ether oxygens (including phenoxy) is 1. The second-order valence-corrected chi connectivity index (χ2v) is 9.47. The molecule has 168 valence electrons. The molecule has 3 heterocycles. The van der Waals surface area contributed by atoms with E-state index >= 15 is 0 Å². The van der Waals surface area contributed by atoms with E-state index < -0.39 is 0 Å². The van der Waals surface area contributed by atoms with E-state index in [-0.39, 0.29) is 24.2 Å². The molecule has 1 saturated heterocycles. The summed E-state index contributed by atoms with van der Waals surface area (Å²) in [4.78, 5) is 29.4. The Kier molecular flexibility index (Phi) is 7.33. The molecule has 4 rings (SSSR count). The van der Waals surface area contributed by atoms with Gasteiger partial charge in [0.25, 0.3) is 5.91 Å². The molecule has 0 aliphatic carbocycles. The number of thiophene rings is 1. The van der Waals surface area contributed by atoms with Crippen LogP contribution < -0.4 is 4.74 Å². The Balaban J connectivity index is 1.24. The molecule has 0 atom stereocenters. The van der Waals surface area contributed by atoms with E-state index in [1.807, 2.05) is 29.1 Å². The van der Waals surface area contributed by atoms with Gasteiger partial charge in [0.2, 0.25) is 5.91 Å². The number of carbonyl (C=O) groups excluding carboxylic acids is 2. The SMILES string of the molecule is Cn1c(COc2ccc(Cl)cc2)nnc1SCC(=O)N1CCN(C(=O)c2cccs2)CC1. The first-order chi connectivity index (χ1) is 15.5. The number of amides is 2. The van der Waals surface area contributed by atoms with E-state index in [0.717, 1.165) is 4.88 Å². The normalized spacial score (nSPS) is 13.9. The molecule has 1 aliphatic rings. The molecule has 11 heteroatoms. The van der Waals surface area contributed by atoms with Crippen LogP contribution in [0.1, 0.15) is 15.5 Å². The van der Waals surface area contributed by atoms with Crippen LogP contribution in [0.2, 0.25) is 5.02 Å². The number of carbonyl (C=O) groups is 2. The number of aromatic nitrogens is 3. The number of thioether (sulfide) groups is 1. The molecule has 0 bridgehead atoms. The first-order valence-electron chi connectivity index (χ1n) is 10.0. The Morgan fingerprint density at radius 2 is 1.81 bits per heavy atom. The predicted octanol–water partition coefficient (Wildman–Crippen LogP) is 3.19. The van der Waals surface area contributed by atoms with Crippen molar-refractivity contribution in [2.45, 2.75) is 11.8 Å². The molecular formula is C21H22ClN5O3S2. The van der Waals surface area contributed by atoms with E-state index in [0.29, 0.717) is 47.9 Å². The maximum atomic E-state index is 12.6. The molecule has 0 radical (unpaired) electrons. The van der Waals surface area contributed by atoms with Gasteiger partial charge in [-0.1, -0.05) is 29.4 Å². The van der Waals surface area contributed by atoms with Gasteiger partial charge in [-0.05, 0) is 35.7 Å². The van der Waals surface area contributed by atoms with E-state index in [1.165, 1.54) is 23.1 Å². The van der Waals surface area contributed by atoms with Crippen molar-refractivity contribution in [1.29, 1.82) is 0 Å². The lowest BCUT2D eigenvalue weighted by atomic mass is 10.3. The predicted molar refractivity (Wildman–Crippen MR) is 124 cm³/mol. The number of rotatable bonds is 7. The quantitative estimate of drug-likeness (QED) is 0.472. The lowest BCUT2D eigenvalue weighted by Crippen LogP contribution is -2.51. The maximum Gasteiger partial charge on any atom is 0.264 e. The fourth-order valence-electron chi connectivity index (χ4n) is 3.21. The number of halogens is 1. The zero-order valence-corrected chi connectivity index (χ0v) is 19.8. The standard InChI is InChI=1S/C21H22ClN5O3S2/c1-25-18(13-30-16-6-4-15(22)5-7-16)23-24-21(25)32-14-19(28)26-8-10-27(11-9-26)20(29)17-3-2-12-31-17/h2-7,12H,8-11,13-14H2,1H3. The van der Waals surface area contributed by atoms with Gasteiger partial charge in [0.1, 0.15) is 12.4 Å². The molecule has 0 saturated carbocycles. The van der Waals surface area contributed by atoms with Gasteiger partial charge in [-0.25, -0.2) is 0 Å². The van der Waals surface area contributed by atoms with Crippen molar-refractivity contribution in [3.05, 3.63) is 57.5 Å². The zero-order valence-electron chi connectivity index (χ0n) is 17.4. The van der Waals surface area contributed by atoms with Crippen molar-refractivity contribution in [2.24, 2.45) is 7.05 Å². The maximum absolute atomic E-state index is 12.6. The average Bonchev–Trinajstić information content (AvgIpc) is 3.47. The van der Waals surface area contributed by atoms with E-state index in [1.54, 1.807) is 34.1 Å². The molecular weight excluding hydrogens is 470 g/mol. The van der Waals surface area contributed by atoms with Crippen LogP contribution in [-0.4, -0.2) is 68.3 Å². The molecule has 2 aromatic heterocycles. The van der Waals surface area contributed by atoms with Gasteiger partial charge in [0.15, 0.2) is 11.0 Å². The molecule has 1 aliphatic heterocycles. The van der Waals surface area contributed by atoms with Crippen molar-refractivity contribution in [3.8, 4) is 5.75 Å². The third kappa shape index (κ3) is 5.43. The van der Waals surface area contributed by atoms with Crippen molar-refractivity contribution < 1.29 is 14.3 Å². The molecule has 0 N–H and O–H groups in total. The summed E-state index contributed by atoms with van der Waals surface area (Å²) >= 11 is 8.67. The second-order valence-electron chi connectivity index (χ2n) is 7.14. The minimum absolute atomic E-state index is 0.0280. The molecule has 8 nitrogen and oxygen atoms in total. The summed E-state index contributed by atoms with van der Waals surface area (Å²) in [5, 5.41) is 11.5. The van der Waals surface area contributed by atoms with E-state index in [9.17, 15) is 9.59 Å². The van der Waals surface area contributed by atoms with Crippen LogP contribution in [0.15, 0.2) is 46.9 Å². The lowest BCUT2D eigenvalue weighted by molar-refractivity contribution is -0.129. The summed E-state index contributed by atoms with van der Waals surface area (Å²) < 4.78 is 7.55. The summed E-state index contributed by atoms with van der Waals surface area (Å²) in [5.41, 5.74) is 0.